The van der Waals surface area contributed by atoms with Crippen molar-refractivity contribution < 1.29 is 14.3 Å². The van der Waals surface area contributed by atoms with Gasteiger partial charge in [0.05, 0.1) is 7.11 Å². The first kappa shape index (κ1) is 14.1. The molecule has 0 fully saturated rings. The van der Waals surface area contributed by atoms with E-state index in [-0.39, 0.29) is 24.1 Å². The summed E-state index contributed by atoms with van der Waals surface area (Å²) in [6.45, 7) is 1.33. The van der Waals surface area contributed by atoms with Crippen molar-refractivity contribution in [3.63, 3.8) is 0 Å². The maximum atomic E-state index is 10.8. The highest BCUT2D eigenvalue weighted by molar-refractivity contribution is 7.80. The number of thiol groups is 1. The van der Waals surface area contributed by atoms with Crippen LogP contribution in [0, 0.1) is 0 Å². The Morgan fingerprint density at radius 1 is 1.58 bits per heavy atom. The van der Waals surface area contributed by atoms with Gasteiger partial charge in [-0.1, -0.05) is 0 Å². The van der Waals surface area contributed by atoms with Crippen LogP contribution in [-0.4, -0.2) is 30.8 Å². The molecule has 1 amide bonds. The lowest BCUT2D eigenvalue weighted by molar-refractivity contribution is -0.144. The molecule has 0 radical (unpaired) electrons. The highest BCUT2D eigenvalue weighted by atomic mass is 35.5. The Hall–Kier alpha value is -0.420. The second kappa shape index (κ2) is 7.24. The maximum Gasteiger partial charge on any atom is 0.329 e. The Balaban J connectivity index is 0. The van der Waals surface area contributed by atoms with E-state index in [1.165, 1.54) is 14.0 Å². The predicted octanol–water partition coefficient (Wildman–Crippen LogP) is 0.0157. The molecule has 0 aromatic rings. The molecule has 0 aliphatic heterocycles. The molecule has 0 saturated carbocycles. The quantitative estimate of drug-likeness (QED) is 0.513. The van der Waals surface area contributed by atoms with Crippen molar-refractivity contribution in [2.75, 3.05) is 12.9 Å². The Labute approximate surface area is 82.9 Å². The normalized spacial score (nSPS) is 10.9. The monoisotopic (exact) mass is 213 g/mol. The Morgan fingerprint density at radius 3 is 2.33 bits per heavy atom. The summed E-state index contributed by atoms with van der Waals surface area (Å²) in [6.07, 6.45) is 0. The van der Waals surface area contributed by atoms with Crippen LogP contribution >= 0.6 is 25.0 Å². The minimum absolute atomic E-state index is 0. The van der Waals surface area contributed by atoms with Gasteiger partial charge < -0.3 is 10.1 Å². The van der Waals surface area contributed by atoms with Crippen LogP contribution in [0.3, 0.4) is 0 Å². The van der Waals surface area contributed by atoms with Crippen LogP contribution in [0.1, 0.15) is 6.92 Å². The molecule has 72 valence electrons. The van der Waals surface area contributed by atoms with E-state index in [1.54, 1.807) is 0 Å². The van der Waals surface area contributed by atoms with Gasteiger partial charge in [-0.25, -0.2) is 4.79 Å². The molecule has 6 heteroatoms. The van der Waals surface area contributed by atoms with Gasteiger partial charge in [-0.05, 0) is 0 Å². The summed E-state index contributed by atoms with van der Waals surface area (Å²) in [5.41, 5.74) is 0. The van der Waals surface area contributed by atoms with E-state index < -0.39 is 12.0 Å². The van der Waals surface area contributed by atoms with Crippen LogP contribution < -0.4 is 5.32 Å². The second-order valence-electron chi connectivity index (χ2n) is 1.96. The molecule has 0 bridgehead atoms. The third kappa shape index (κ3) is 5.26. The van der Waals surface area contributed by atoms with Crippen molar-refractivity contribution in [1.29, 1.82) is 0 Å². The van der Waals surface area contributed by atoms with E-state index in [2.05, 4.69) is 22.7 Å². The first-order valence-electron chi connectivity index (χ1n) is 3.07. The SMILES string of the molecule is COC(=O)[C@H](CS)NC(C)=O.Cl. The van der Waals surface area contributed by atoms with Crippen LogP contribution in [0.25, 0.3) is 0 Å². The zero-order valence-electron chi connectivity index (χ0n) is 6.86. The summed E-state index contributed by atoms with van der Waals surface area (Å²) < 4.78 is 4.40. The van der Waals surface area contributed by atoms with Crippen molar-refractivity contribution in [3.8, 4) is 0 Å². The largest absolute Gasteiger partial charge is 0.467 e. The predicted molar refractivity (Wildman–Crippen MR) is 50.7 cm³/mol. The smallest absolute Gasteiger partial charge is 0.329 e. The number of hydrogen-bond acceptors (Lipinski definition) is 4. The highest BCUT2D eigenvalue weighted by Crippen LogP contribution is 1.90. The first-order valence-corrected chi connectivity index (χ1v) is 3.70. The molecule has 4 nitrogen and oxygen atoms in total. The lowest BCUT2D eigenvalue weighted by Crippen LogP contribution is -2.41. The van der Waals surface area contributed by atoms with Gasteiger partial charge in [0.1, 0.15) is 6.04 Å². The molecule has 0 aliphatic carbocycles. The number of carbonyl (C=O) groups is 2. The molecule has 0 spiro atoms. The fraction of sp³-hybridized carbons (Fsp3) is 0.667. The van der Waals surface area contributed by atoms with E-state index in [4.69, 9.17) is 0 Å². The Bertz CT molecular complexity index is 165. The molecular weight excluding hydrogens is 202 g/mol. The summed E-state index contributed by atoms with van der Waals surface area (Å²) in [6, 6.07) is -0.638. The van der Waals surface area contributed by atoms with Gasteiger partial charge in [-0.15, -0.1) is 12.4 Å². The molecule has 0 aliphatic rings. The lowest BCUT2D eigenvalue weighted by Gasteiger charge is -2.11. The van der Waals surface area contributed by atoms with Crippen LogP contribution in [0.2, 0.25) is 0 Å². The third-order valence-electron chi connectivity index (χ3n) is 1.05. The zero-order chi connectivity index (χ0) is 8.85. The van der Waals surface area contributed by atoms with E-state index in [9.17, 15) is 9.59 Å². The fourth-order valence-corrected chi connectivity index (χ4v) is 0.807. The fourth-order valence-electron chi connectivity index (χ4n) is 0.567. The van der Waals surface area contributed by atoms with Gasteiger partial charge in [-0.2, -0.15) is 12.6 Å². The number of amides is 1. The molecule has 0 saturated heterocycles. The number of methoxy groups -OCH3 is 1. The van der Waals surface area contributed by atoms with Crippen molar-refractivity contribution in [2.45, 2.75) is 13.0 Å². The van der Waals surface area contributed by atoms with Gasteiger partial charge in [0.25, 0.3) is 0 Å². The number of carbonyl (C=O) groups excluding carboxylic acids is 2. The van der Waals surface area contributed by atoms with Crippen LogP contribution in [0.4, 0.5) is 0 Å². The number of nitrogens with one attached hydrogen (secondary N) is 1. The van der Waals surface area contributed by atoms with Crippen molar-refractivity contribution >= 4 is 36.9 Å². The molecular formula is C6H12ClNO3S. The summed E-state index contributed by atoms with van der Waals surface area (Å²) >= 11 is 3.87. The molecule has 0 unspecified atom stereocenters. The molecule has 0 aromatic carbocycles. The minimum atomic E-state index is -0.638. The summed E-state index contributed by atoms with van der Waals surface area (Å²) in [5.74, 6) is -0.503. The summed E-state index contributed by atoms with van der Waals surface area (Å²) in [4.78, 5) is 21.3. The van der Waals surface area contributed by atoms with Crippen LogP contribution in [-0.2, 0) is 14.3 Å². The second-order valence-corrected chi connectivity index (χ2v) is 2.32. The van der Waals surface area contributed by atoms with Crippen LogP contribution in [0.15, 0.2) is 0 Å². The van der Waals surface area contributed by atoms with Crippen molar-refractivity contribution in [1.82, 2.24) is 5.32 Å². The first-order chi connectivity index (χ1) is 5.11. The molecule has 12 heavy (non-hydrogen) atoms. The number of rotatable bonds is 3. The number of halogens is 1. The average molecular weight is 214 g/mol. The maximum absolute atomic E-state index is 10.8. The lowest BCUT2D eigenvalue weighted by atomic mass is 10.3. The van der Waals surface area contributed by atoms with Gasteiger partial charge in [0.15, 0.2) is 0 Å². The molecule has 0 aromatic heterocycles. The van der Waals surface area contributed by atoms with Gasteiger partial charge in [0, 0.05) is 12.7 Å². The third-order valence-corrected chi connectivity index (χ3v) is 1.41. The van der Waals surface area contributed by atoms with Crippen LogP contribution in [0.5, 0.6) is 0 Å². The van der Waals surface area contributed by atoms with E-state index in [0.717, 1.165) is 0 Å². The number of esters is 1. The number of ether oxygens (including phenoxy) is 1. The molecule has 1 atom stereocenters. The van der Waals surface area contributed by atoms with Gasteiger partial charge in [-0.3, -0.25) is 4.79 Å². The van der Waals surface area contributed by atoms with Crippen molar-refractivity contribution in [2.24, 2.45) is 0 Å². The molecule has 1 N–H and O–H groups in total. The van der Waals surface area contributed by atoms with E-state index in [1.807, 2.05) is 0 Å². The van der Waals surface area contributed by atoms with E-state index in [0.29, 0.717) is 0 Å². The number of hydrogen-bond donors (Lipinski definition) is 2. The highest BCUT2D eigenvalue weighted by Gasteiger charge is 2.17. The molecule has 0 heterocycles. The Morgan fingerprint density at radius 2 is 2.08 bits per heavy atom. The van der Waals surface area contributed by atoms with Gasteiger partial charge >= 0.3 is 5.97 Å². The summed E-state index contributed by atoms with van der Waals surface area (Å²) in [5, 5.41) is 2.39. The zero-order valence-corrected chi connectivity index (χ0v) is 8.58. The topological polar surface area (TPSA) is 55.4 Å². The standard InChI is InChI=1S/C6H11NO3S.ClH/c1-4(8)7-5(3-11)6(9)10-2;/h5,11H,3H2,1-2H3,(H,7,8);1H/t5-;/m0./s1. The Kier molecular flexibility index (Phi) is 8.52. The summed E-state index contributed by atoms with van der Waals surface area (Å²) in [7, 11) is 1.26. The average Bonchev–Trinajstić information content (AvgIpc) is 1.98. The minimum Gasteiger partial charge on any atom is -0.467 e. The molecule has 0 rings (SSSR count). The van der Waals surface area contributed by atoms with E-state index >= 15 is 0 Å². The van der Waals surface area contributed by atoms with Crippen molar-refractivity contribution in [3.05, 3.63) is 0 Å². The van der Waals surface area contributed by atoms with Gasteiger partial charge in [0.2, 0.25) is 5.91 Å².